The van der Waals surface area contributed by atoms with Crippen LogP contribution in [-0.2, 0) is 12.8 Å². The third-order valence-corrected chi connectivity index (χ3v) is 6.15. The van der Waals surface area contributed by atoms with E-state index in [1.165, 1.54) is 0 Å². The number of nitrogens with one attached hydrogen (secondary N) is 3. The summed E-state index contributed by atoms with van der Waals surface area (Å²) in [6.45, 7) is 0. The molecule has 6 nitrogen and oxygen atoms in total. The summed E-state index contributed by atoms with van der Waals surface area (Å²) in [5, 5.41) is 6.81. The normalized spacial score (nSPS) is 15.1. The van der Waals surface area contributed by atoms with Gasteiger partial charge in [0, 0.05) is 59.0 Å². The molecule has 0 bridgehead atoms. The zero-order chi connectivity index (χ0) is 22.9. The molecular formula is C27H23FN6. The van der Waals surface area contributed by atoms with Crippen LogP contribution in [0.3, 0.4) is 0 Å². The zero-order valence-electron chi connectivity index (χ0n) is 18.4. The van der Waals surface area contributed by atoms with Gasteiger partial charge in [-0.05, 0) is 79.1 Å². The lowest BCUT2D eigenvalue weighted by Crippen LogP contribution is -2.17. The topological polar surface area (TPSA) is 78.5 Å². The maximum Gasteiger partial charge on any atom is 0.138 e. The molecule has 7 heteroatoms. The Bertz CT molecular complexity index is 1450. The number of aromatic amines is 1. The van der Waals surface area contributed by atoms with Crippen molar-refractivity contribution in [3.05, 3.63) is 90.5 Å². The minimum atomic E-state index is -0.804. The number of benzene rings is 2. The second kappa shape index (κ2) is 8.59. The first-order chi connectivity index (χ1) is 16.7. The predicted molar refractivity (Wildman–Crippen MR) is 133 cm³/mol. The van der Waals surface area contributed by atoms with E-state index in [4.69, 9.17) is 4.98 Å². The zero-order valence-corrected chi connectivity index (χ0v) is 18.4. The van der Waals surface area contributed by atoms with Crippen molar-refractivity contribution in [2.45, 2.75) is 25.4 Å². The second-order valence-electron chi connectivity index (χ2n) is 8.50. The first-order valence-electron chi connectivity index (χ1n) is 11.4. The Kier molecular flexibility index (Phi) is 5.14. The van der Waals surface area contributed by atoms with Gasteiger partial charge in [0.25, 0.3) is 0 Å². The molecular weight excluding hydrogens is 427 g/mol. The Hall–Kier alpha value is -4.26. The summed E-state index contributed by atoms with van der Waals surface area (Å²) in [6.07, 6.45) is 6.15. The molecule has 0 amide bonds. The number of fused-ring (bicyclic) bond motifs is 2. The van der Waals surface area contributed by atoms with Gasteiger partial charge in [-0.1, -0.05) is 0 Å². The van der Waals surface area contributed by atoms with Crippen molar-refractivity contribution in [2.75, 3.05) is 10.6 Å². The van der Waals surface area contributed by atoms with Crippen LogP contribution in [0, 0.1) is 0 Å². The van der Waals surface area contributed by atoms with Gasteiger partial charge in [-0.15, -0.1) is 0 Å². The molecule has 0 spiro atoms. The summed E-state index contributed by atoms with van der Waals surface area (Å²) in [5.74, 6) is 0.809. The van der Waals surface area contributed by atoms with E-state index in [1.807, 2.05) is 60.7 Å². The average molecular weight is 451 g/mol. The third kappa shape index (κ3) is 4.08. The number of hydrogen-bond donors (Lipinski definition) is 3. The summed E-state index contributed by atoms with van der Waals surface area (Å²) in [4.78, 5) is 16.7. The molecule has 1 atom stereocenters. The molecule has 0 saturated carbocycles. The number of halogens is 1. The monoisotopic (exact) mass is 450 g/mol. The van der Waals surface area contributed by atoms with Gasteiger partial charge in [0.2, 0.25) is 0 Å². The lowest BCUT2D eigenvalue weighted by molar-refractivity contribution is 0.300. The molecule has 0 fully saturated rings. The first kappa shape index (κ1) is 20.4. The molecule has 0 saturated heterocycles. The van der Waals surface area contributed by atoms with Gasteiger partial charge < -0.3 is 15.6 Å². The van der Waals surface area contributed by atoms with Crippen LogP contribution >= 0.6 is 0 Å². The van der Waals surface area contributed by atoms with Crippen LogP contribution in [0.5, 0.6) is 0 Å². The van der Waals surface area contributed by atoms with E-state index < -0.39 is 6.17 Å². The number of nitrogens with zero attached hydrogens (tertiary/aromatic N) is 3. The summed E-state index contributed by atoms with van der Waals surface area (Å²) in [7, 11) is 0. The lowest BCUT2D eigenvalue weighted by atomic mass is 9.93. The van der Waals surface area contributed by atoms with Gasteiger partial charge in [0.15, 0.2) is 0 Å². The van der Waals surface area contributed by atoms with E-state index in [-0.39, 0.29) is 0 Å². The van der Waals surface area contributed by atoms with Gasteiger partial charge in [-0.3, -0.25) is 9.97 Å². The number of hydrogen-bond acceptors (Lipinski definition) is 5. The Morgan fingerprint density at radius 2 is 1.65 bits per heavy atom. The molecule has 5 aromatic rings. The van der Waals surface area contributed by atoms with Crippen LogP contribution in [0.15, 0.2) is 79.3 Å². The fourth-order valence-corrected chi connectivity index (χ4v) is 4.41. The minimum Gasteiger partial charge on any atom is -0.355 e. The lowest BCUT2D eigenvalue weighted by Gasteiger charge is -2.21. The van der Waals surface area contributed by atoms with Gasteiger partial charge in [0.1, 0.15) is 12.0 Å². The molecule has 1 unspecified atom stereocenters. The number of imidazole rings is 1. The molecule has 2 aromatic carbocycles. The smallest absolute Gasteiger partial charge is 0.138 e. The number of alkyl halides is 1. The average Bonchev–Trinajstić information content (AvgIpc) is 3.29. The molecule has 1 aliphatic carbocycles. The summed E-state index contributed by atoms with van der Waals surface area (Å²) < 4.78 is 14.0. The fraction of sp³-hybridized carbons (Fsp3) is 0.148. The summed E-state index contributed by atoms with van der Waals surface area (Å²) >= 11 is 0. The largest absolute Gasteiger partial charge is 0.355 e. The molecule has 3 N–H and O–H groups in total. The maximum atomic E-state index is 14.0. The molecule has 34 heavy (non-hydrogen) atoms. The van der Waals surface area contributed by atoms with Crippen molar-refractivity contribution in [1.82, 2.24) is 19.9 Å². The van der Waals surface area contributed by atoms with Gasteiger partial charge in [0.05, 0.1) is 11.0 Å². The van der Waals surface area contributed by atoms with Gasteiger partial charge >= 0.3 is 0 Å². The standard InChI is InChI=1S/C27H23FN6/c28-18-3-7-23-22(15-18)24(11-14-30-23)32-21-6-8-25-26(16-21)34-27(33-25)17-1-4-19(5-2-17)31-20-9-12-29-13-10-20/h1-2,4-6,8-14,16,18H,3,7,15H2,(H,29,31)(H,30,32)(H,33,34). The predicted octanol–water partition coefficient (Wildman–Crippen LogP) is 6.33. The Balaban J connectivity index is 1.23. The Morgan fingerprint density at radius 3 is 2.50 bits per heavy atom. The molecule has 0 aliphatic heterocycles. The Morgan fingerprint density at radius 1 is 0.853 bits per heavy atom. The van der Waals surface area contributed by atoms with Gasteiger partial charge in [-0.25, -0.2) is 9.37 Å². The van der Waals surface area contributed by atoms with Crippen molar-refractivity contribution in [3.63, 3.8) is 0 Å². The summed E-state index contributed by atoms with van der Waals surface area (Å²) in [5.41, 5.74) is 8.63. The van der Waals surface area contributed by atoms with Crippen molar-refractivity contribution >= 4 is 33.8 Å². The van der Waals surface area contributed by atoms with Crippen LogP contribution in [0.1, 0.15) is 17.7 Å². The van der Waals surface area contributed by atoms with Crippen LogP contribution in [0.25, 0.3) is 22.4 Å². The first-order valence-corrected chi connectivity index (χ1v) is 11.4. The van der Waals surface area contributed by atoms with E-state index in [2.05, 4.69) is 25.6 Å². The molecule has 168 valence electrons. The number of anilines is 4. The number of aryl methyl sites for hydroxylation is 1. The second-order valence-corrected chi connectivity index (χ2v) is 8.50. The van der Waals surface area contributed by atoms with Crippen molar-refractivity contribution in [3.8, 4) is 11.4 Å². The SMILES string of the molecule is FC1CCc2nccc(Nc3ccc4nc(-c5ccc(Nc6ccncc6)cc5)[nH]c4c3)c2C1. The highest BCUT2D eigenvalue weighted by atomic mass is 19.1. The Labute approximate surface area is 196 Å². The highest BCUT2D eigenvalue weighted by molar-refractivity contribution is 5.84. The van der Waals surface area contributed by atoms with Crippen LogP contribution < -0.4 is 10.6 Å². The highest BCUT2D eigenvalue weighted by Gasteiger charge is 2.21. The number of pyridine rings is 2. The van der Waals surface area contributed by atoms with Crippen molar-refractivity contribution in [1.29, 1.82) is 0 Å². The fourth-order valence-electron chi connectivity index (χ4n) is 4.41. The molecule has 0 radical (unpaired) electrons. The van der Waals surface area contributed by atoms with Gasteiger partial charge in [-0.2, -0.15) is 0 Å². The molecule has 3 heterocycles. The van der Waals surface area contributed by atoms with Crippen LogP contribution in [-0.4, -0.2) is 26.1 Å². The quantitative estimate of drug-likeness (QED) is 0.291. The van der Waals surface area contributed by atoms with Crippen LogP contribution in [0.2, 0.25) is 0 Å². The van der Waals surface area contributed by atoms with E-state index in [9.17, 15) is 4.39 Å². The van der Waals surface area contributed by atoms with Crippen molar-refractivity contribution < 1.29 is 4.39 Å². The van der Waals surface area contributed by atoms with E-state index in [1.54, 1.807) is 18.6 Å². The number of H-pyrrole nitrogens is 1. The third-order valence-electron chi connectivity index (χ3n) is 6.15. The molecule has 6 rings (SSSR count). The highest BCUT2D eigenvalue weighted by Crippen LogP contribution is 2.31. The molecule has 3 aromatic heterocycles. The molecule has 1 aliphatic rings. The number of aromatic nitrogens is 4. The van der Waals surface area contributed by atoms with E-state index in [0.29, 0.717) is 19.3 Å². The van der Waals surface area contributed by atoms with E-state index >= 15 is 0 Å². The van der Waals surface area contributed by atoms with E-state index in [0.717, 1.165) is 56.4 Å². The number of rotatable bonds is 5. The van der Waals surface area contributed by atoms with Crippen LogP contribution in [0.4, 0.5) is 27.1 Å². The minimum absolute atomic E-state index is 0.411. The maximum absolute atomic E-state index is 14.0. The summed E-state index contributed by atoms with van der Waals surface area (Å²) in [6, 6.07) is 19.9. The van der Waals surface area contributed by atoms with Crippen molar-refractivity contribution in [2.24, 2.45) is 0 Å².